The minimum atomic E-state index is 0.658. The molecule has 19 heavy (non-hydrogen) atoms. The summed E-state index contributed by atoms with van der Waals surface area (Å²) in [5.74, 6) is 0. The average Bonchev–Trinajstić information content (AvgIpc) is 3.13. The van der Waals surface area contributed by atoms with E-state index in [0.717, 1.165) is 27.2 Å². The van der Waals surface area contributed by atoms with Crippen molar-refractivity contribution in [1.82, 2.24) is 25.5 Å². The second kappa shape index (κ2) is 5.48. The first-order valence-corrected chi connectivity index (χ1v) is 7.34. The van der Waals surface area contributed by atoms with Crippen molar-refractivity contribution in [3.8, 4) is 0 Å². The number of nitrogens with zero attached hydrogens (tertiary/aromatic N) is 4. The Labute approximate surface area is 120 Å². The van der Waals surface area contributed by atoms with Crippen molar-refractivity contribution in [2.75, 3.05) is 0 Å². The number of hydrogen-bond donors (Lipinski definition) is 1. The van der Waals surface area contributed by atoms with Gasteiger partial charge in [0.25, 0.3) is 0 Å². The van der Waals surface area contributed by atoms with E-state index in [4.69, 9.17) is 11.6 Å². The fraction of sp³-hybridized carbons (Fsp3) is 0.417. The van der Waals surface area contributed by atoms with Crippen LogP contribution in [0.25, 0.3) is 0 Å². The Hall–Kier alpha value is -1.11. The maximum atomic E-state index is 6.30. The summed E-state index contributed by atoms with van der Waals surface area (Å²) in [7, 11) is 1.83. The summed E-state index contributed by atoms with van der Waals surface area (Å²) in [6.45, 7) is 0.790. The van der Waals surface area contributed by atoms with Crippen molar-refractivity contribution in [2.24, 2.45) is 7.05 Å². The van der Waals surface area contributed by atoms with Gasteiger partial charge >= 0.3 is 0 Å². The quantitative estimate of drug-likeness (QED) is 0.917. The fourth-order valence-corrected chi connectivity index (χ4v) is 2.94. The molecule has 0 saturated heterocycles. The molecule has 1 saturated carbocycles. The van der Waals surface area contributed by atoms with E-state index in [2.05, 4.69) is 26.9 Å². The third-order valence-electron chi connectivity index (χ3n) is 3.00. The van der Waals surface area contributed by atoms with Gasteiger partial charge in [-0.3, -0.25) is 0 Å². The molecule has 0 spiro atoms. The zero-order valence-corrected chi connectivity index (χ0v) is 12.1. The number of aromatic nitrogens is 4. The standard InChI is InChI=1S/C12H14ClN5S/c1-18-12(15-16-17-18)19-11-4-2-3-10(13)9(11)7-14-8-5-6-8/h2-4,8,14H,5-7H2,1H3. The van der Waals surface area contributed by atoms with Crippen LogP contribution in [0.4, 0.5) is 0 Å². The SMILES string of the molecule is Cn1nnnc1Sc1cccc(Cl)c1CNC1CC1. The van der Waals surface area contributed by atoms with Gasteiger partial charge in [-0.15, -0.1) is 5.10 Å². The minimum Gasteiger partial charge on any atom is -0.310 e. The van der Waals surface area contributed by atoms with Crippen LogP contribution < -0.4 is 5.32 Å². The van der Waals surface area contributed by atoms with Gasteiger partial charge in [0, 0.05) is 29.6 Å². The smallest absolute Gasteiger partial charge is 0.213 e. The topological polar surface area (TPSA) is 55.6 Å². The van der Waals surface area contributed by atoms with Crippen molar-refractivity contribution >= 4 is 23.4 Å². The predicted octanol–water partition coefficient (Wildman–Crippen LogP) is 2.27. The molecule has 100 valence electrons. The lowest BCUT2D eigenvalue weighted by Gasteiger charge is -2.11. The van der Waals surface area contributed by atoms with Crippen molar-refractivity contribution in [3.63, 3.8) is 0 Å². The van der Waals surface area contributed by atoms with Crippen LogP contribution in [-0.4, -0.2) is 26.2 Å². The third kappa shape index (κ3) is 3.08. The van der Waals surface area contributed by atoms with Gasteiger partial charge in [-0.2, -0.15) is 0 Å². The Kier molecular flexibility index (Phi) is 3.72. The highest BCUT2D eigenvalue weighted by atomic mass is 35.5. The minimum absolute atomic E-state index is 0.658. The summed E-state index contributed by atoms with van der Waals surface area (Å²) < 4.78 is 1.66. The van der Waals surface area contributed by atoms with E-state index >= 15 is 0 Å². The molecule has 1 heterocycles. The van der Waals surface area contributed by atoms with Gasteiger partial charge in [-0.1, -0.05) is 17.7 Å². The van der Waals surface area contributed by atoms with Crippen LogP contribution in [0.1, 0.15) is 18.4 Å². The molecule has 1 aliphatic rings. The van der Waals surface area contributed by atoms with E-state index in [1.165, 1.54) is 24.6 Å². The molecule has 3 rings (SSSR count). The van der Waals surface area contributed by atoms with E-state index in [1.807, 2.05) is 19.2 Å². The number of aryl methyl sites for hydroxylation is 1. The van der Waals surface area contributed by atoms with Crippen LogP contribution in [0.15, 0.2) is 28.3 Å². The van der Waals surface area contributed by atoms with Gasteiger partial charge in [-0.05, 0) is 52.7 Å². The largest absolute Gasteiger partial charge is 0.310 e. The number of tetrazole rings is 1. The van der Waals surface area contributed by atoms with Gasteiger partial charge in [0.15, 0.2) is 0 Å². The summed E-state index contributed by atoms with van der Waals surface area (Å²) in [6, 6.07) is 6.58. The summed E-state index contributed by atoms with van der Waals surface area (Å²) in [5, 5.41) is 16.5. The Morgan fingerprint density at radius 1 is 1.47 bits per heavy atom. The van der Waals surface area contributed by atoms with Crippen LogP contribution in [0.3, 0.4) is 0 Å². The Morgan fingerprint density at radius 3 is 3.00 bits per heavy atom. The van der Waals surface area contributed by atoms with Crippen LogP contribution >= 0.6 is 23.4 Å². The molecule has 1 aliphatic carbocycles. The maximum absolute atomic E-state index is 6.30. The van der Waals surface area contributed by atoms with Crippen molar-refractivity contribution in [1.29, 1.82) is 0 Å². The number of halogens is 1. The van der Waals surface area contributed by atoms with Crippen molar-refractivity contribution in [2.45, 2.75) is 35.5 Å². The predicted molar refractivity (Wildman–Crippen MR) is 74.2 cm³/mol. The average molecular weight is 296 g/mol. The summed E-state index contributed by atoms with van der Waals surface area (Å²) in [5.41, 5.74) is 1.11. The van der Waals surface area contributed by atoms with E-state index < -0.39 is 0 Å². The third-order valence-corrected chi connectivity index (χ3v) is 4.49. The van der Waals surface area contributed by atoms with Gasteiger partial charge < -0.3 is 5.32 Å². The lowest BCUT2D eigenvalue weighted by molar-refractivity contribution is 0.663. The van der Waals surface area contributed by atoms with Gasteiger partial charge in [0.05, 0.1) is 0 Å². The molecule has 2 aromatic rings. The van der Waals surface area contributed by atoms with Crippen molar-refractivity contribution < 1.29 is 0 Å². The van der Waals surface area contributed by atoms with Crippen LogP contribution in [0.5, 0.6) is 0 Å². The summed E-state index contributed by atoms with van der Waals surface area (Å²) in [6.07, 6.45) is 2.53. The molecule has 0 bridgehead atoms. The van der Waals surface area contributed by atoms with Crippen LogP contribution in [0, 0.1) is 0 Å². The molecule has 0 radical (unpaired) electrons. The molecule has 5 nitrogen and oxygen atoms in total. The van der Waals surface area contributed by atoms with Crippen molar-refractivity contribution in [3.05, 3.63) is 28.8 Å². The molecule has 0 amide bonds. The number of nitrogens with one attached hydrogen (secondary N) is 1. The number of rotatable bonds is 5. The summed E-state index contributed by atoms with van der Waals surface area (Å²) >= 11 is 7.84. The van der Waals surface area contributed by atoms with Crippen LogP contribution in [0.2, 0.25) is 5.02 Å². The zero-order valence-electron chi connectivity index (χ0n) is 10.5. The second-order valence-corrected chi connectivity index (χ2v) is 5.98. The van der Waals surface area contributed by atoms with Gasteiger partial charge in [0.2, 0.25) is 5.16 Å². The lowest BCUT2D eigenvalue weighted by Crippen LogP contribution is -2.16. The monoisotopic (exact) mass is 295 g/mol. The van der Waals surface area contributed by atoms with Gasteiger partial charge in [0.1, 0.15) is 0 Å². The van der Waals surface area contributed by atoms with E-state index in [1.54, 1.807) is 4.68 Å². The molecule has 0 aliphatic heterocycles. The molecular formula is C12H14ClN5S. The van der Waals surface area contributed by atoms with E-state index in [9.17, 15) is 0 Å². The Bertz CT molecular complexity index is 581. The second-order valence-electron chi connectivity index (χ2n) is 4.56. The molecule has 1 N–H and O–H groups in total. The molecular weight excluding hydrogens is 282 g/mol. The fourth-order valence-electron chi connectivity index (χ4n) is 1.75. The first-order valence-electron chi connectivity index (χ1n) is 6.15. The molecule has 7 heteroatoms. The highest BCUT2D eigenvalue weighted by Gasteiger charge is 2.21. The molecule has 1 aromatic carbocycles. The first-order chi connectivity index (χ1) is 9.24. The van der Waals surface area contributed by atoms with E-state index in [-0.39, 0.29) is 0 Å². The molecule has 1 fully saturated rings. The normalized spacial score (nSPS) is 14.8. The number of hydrogen-bond acceptors (Lipinski definition) is 5. The van der Waals surface area contributed by atoms with Gasteiger partial charge in [-0.25, -0.2) is 4.68 Å². The maximum Gasteiger partial charge on any atom is 0.213 e. The molecule has 1 aromatic heterocycles. The lowest BCUT2D eigenvalue weighted by atomic mass is 10.2. The molecule has 0 atom stereocenters. The van der Waals surface area contributed by atoms with Crippen LogP contribution in [-0.2, 0) is 13.6 Å². The highest BCUT2D eigenvalue weighted by Crippen LogP contribution is 2.33. The Morgan fingerprint density at radius 2 is 2.32 bits per heavy atom. The highest BCUT2D eigenvalue weighted by molar-refractivity contribution is 7.99. The molecule has 0 unspecified atom stereocenters. The zero-order chi connectivity index (χ0) is 13.2. The summed E-state index contributed by atoms with van der Waals surface area (Å²) in [4.78, 5) is 1.10. The number of benzene rings is 1. The van der Waals surface area contributed by atoms with E-state index in [0.29, 0.717) is 6.04 Å². The first kappa shape index (κ1) is 12.9. The Balaban J connectivity index is 1.82.